The third-order valence-corrected chi connectivity index (χ3v) is 3.60. The Morgan fingerprint density at radius 3 is 2.32 bits per heavy atom. The van der Waals surface area contributed by atoms with Crippen LogP contribution in [0.3, 0.4) is 0 Å². The number of nitrogens with one attached hydrogen (secondary N) is 1. The van der Waals surface area contributed by atoms with Gasteiger partial charge >= 0.3 is 0 Å². The number of rotatable bonds is 7. The van der Waals surface area contributed by atoms with Crippen molar-refractivity contribution in [1.29, 1.82) is 0 Å². The molecular weight excluding hydrogens is 279 g/mol. The van der Waals surface area contributed by atoms with Crippen LogP contribution in [-0.4, -0.2) is 37.9 Å². The molecular formula is C18H21FN2O. The van der Waals surface area contributed by atoms with Crippen LogP contribution in [0.25, 0.3) is 0 Å². The highest BCUT2D eigenvalue weighted by Crippen LogP contribution is 2.16. The van der Waals surface area contributed by atoms with Crippen LogP contribution in [0.1, 0.15) is 22.0 Å². The number of benzene rings is 2. The molecule has 0 aliphatic heterocycles. The lowest BCUT2D eigenvalue weighted by Gasteiger charge is -2.25. The van der Waals surface area contributed by atoms with E-state index in [1.54, 1.807) is 0 Å². The average Bonchev–Trinajstić information content (AvgIpc) is 2.52. The van der Waals surface area contributed by atoms with Crippen molar-refractivity contribution in [2.45, 2.75) is 6.04 Å². The van der Waals surface area contributed by atoms with Crippen molar-refractivity contribution < 1.29 is 9.18 Å². The van der Waals surface area contributed by atoms with Crippen molar-refractivity contribution in [2.24, 2.45) is 0 Å². The molecule has 1 atom stereocenters. The molecule has 0 spiro atoms. The maximum Gasteiger partial charge on any atom is 0.176 e. The Balaban J connectivity index is 1.91. The van der Waals surface area contributed by atoms with Gasteiger partial charge in [-0.2, -0.15) is 0 Å². The number of hydrogen-bond donors (Lipinski definition) is 1. The molecule has 116 valence electrons. The molecule has 0 aliphatic carbocycles. The van der Waals surface area contributed by atoms with E-state index in [-0.39, 0.29) is 24.2 Å². The van der Waals surface area contributed by atoms with Gasteiger partial charge < -0.3 is 10.2 Å². The molecule has 1 N–H and O–H groups in total. The Morgan fingerprint density at radius 2 is 1.73 bits per heavy atom. The fourth-order valence-corrected chi connectivity index (χ4v) is 2.33. The van der Waals surface area contributed by atoms with Gasteiger partial charge in [0.2, 0.25) is 0 Å². The normalized spacial score (nSPS) is 12.4. The summed E-state index contributed by atoms with van der Waals surface area (Å²) in [6.07, 6.45) is 0. The molecule has 22 heavy (non-hydrogen) atoms. The van der Waals surface area contributed by atoms with Gasteiger partial charge in [-0.3, -0.25) is 4.79 Å². The fourth-order valence-electron chi connectivity index (χ4n) is 2.33. The molecule has 0 aliphatic rings. The van der Waals surface area contributed by atoms with Crippen LogP contribution >= 0.6 is 0 Å². The summed E-state index contributed by atoms with van der Waals surface area (Å²) in [6, 6.07) is 16.0. The van der Waals surface area contributed by atoms with Gasteiger partial charge in [0.05, 0.1) is 6.54 Å². The first kappa shape index (κ1) is 16.3. The number of Topliss-reactive ketones (excluding diaryl/α,β-unsaturated/α-hetero) is 1. The van der Waals surface area contributed by atoms with E-state index < -0.39 is 0 Å². The van der Waals surface area contributed by atoms with Crippen LogP contribution in [0.2, 0.25) is 0 Å². The minimum absolute atomic E-state index is 0.0365. The van der Waals surface area contributed by atoms with Crippen LogP contribution < -0.4 is 5.32 Å². The number of halogens is 1. The van der Waals surface area contributed by atoms with Gasteiger partial charge in [0.15, 0.2) is 5.78 Å². The second-order valence-electron chi connectivity index (χ2n) is 5.45. The van der Waals surface area contributed by atoms with Crippen LogP contribution in [0.15, 0.2) is 54.6 Å². The highest BCUT2D eigenvalue weighted by atomic mass is 19.1. The average molecular weight is 300 g/mol. The van der Waals surface area contributed by atoms with Crippen LogP contribution in [0.5, 0.6) is 0 Å². The molecule has 2 aromatic carbocycles. The number of likely N-dealkylation sites (N-methyl/N-ethyl adjacent to an activating group) is 1. The van der Waals surface area contributed by atoms with E-state index in [4.69, 9.17) is 0 Å². The van der Waals surface area contributed by atoms with Crippen molar-refractivity contribution in [3.05, 3.63) is 71.5 Å². The van der Waals surface area contributed by atoms with Gasteiger partial charge in [-0.1, -0.05) is 30.3 Å². The first-order valence-corrected chi connectivity index (χ1v) is 7.29. The van der Waals surface area contributed by atoms with Crippen molar-refractivity contribution >= 4 is 5.78 Å². The van der Waals surface area contributed by atoms with E-state index in [1.807, 2.05) is 32.3 Å². The van der Waals surface area contributed by atoms with Crippen LogP contribution in [0.4, 0.5) is 4.39 Å². The van der Waals surface area contributed by atoms with E-state index in [0.717, 1.165) is 0 Å². The van der Waals surface area contributed by atoms with Crippen LogP contribution in [-0.2, 0) is 0 Å². The summed E-state index contributed by atoms with van der Waals surface area (Å²) < 4.78 is 12.9. The van der Waals surface area contributed by atoms with Gasteiger partial charge in [-0.25, -0.2) is 4.39 Å². The molecule has 0 amide bonds. The first-order chi connectivity index (χ1) is 10.6. The van der Waals surface area contributed by atoms with Crippen molar-refractivity contribution in [3.8, 4) is 0 Å². The van der Waals surface area contributed by atoms with Crippen molar-refractivity contribution in [2.75, 3.05) is 27.2 Å². The Kier molecular flexibility index (Phi) is 5.81. The van der Waals surface area contributed by atoms with Gasteiger partial charge in [0.1, 0.15) is 5.82 Å². The summed E-state index contributed by atoms with van der Waals surface area (Å²) in [6.45, 7) is 0.909. The number of carbonyl (C=O) groups excluding carboxylic acids is 1. The highest BCUT2D eigenvalue weighted by Gasteiger charge is 2.14. The Labute approximate surface area is 130 Å². The molecule has 0 radical (unpaired) electrons. The predicted octanol–water partition coefficient (Wildman–Crippen LogP) is 2.90. The lowest BCUT2D eigenvalue weighted by Crippen LogP contribution is -2.33. The standard InChI is InChI=1S/C18H21FN2O/c1-21(2)17(14-6-4-3-5-7-14)12-20-13-18(22)15-8-10-16(19)11-9-15/h3-11,17,20H,12-13H2,1-2H3. The second kappa shape index (κ2) is 7.82. The summed E-state index contributed by atoms with van der Waals surface area (Å²) in [4.78, 5) is 14.2. The summed E-state index contributed by atoms with van der Waals surface area (Å²) >= 11 is 0. The van der Waals surface area contributed by atoms with Crippen LogP contribution in [0, 0.1) is 5.82 Å². The topological polar surface area (TPSA) is 32.3 Å². The maximum absolute atomic E-state index is 12.9. The lowest BCUT2D eigenvalue weighted by molar-refractivity contribution is 0.0988. The highest BCUT2D eigenvalue weighted by molar-refractivity contribution is 5.97. The molecule has 0 aromatic heterocycles. The van der Waals surface area contributed by atoms with E-state index in [9.17, 15) is 9.18 Å². The fraction of sp³-hybridized carbons (Fsp3) is 0.278. The van der Waals surface area contributed by atoms with Gasteiger partial charge in [0.25, 0.3) is 0 Å². The summed E-state index contributed by atoms with van der Waals surface area (Å²) in [5.74, 6) is -0.369. The predicted molar refractivity (Wildman–Crippen MR) is 86.5 cm³/mol. The zero-order chi connectivity index (χ0) is 15.9. The van der Waals surface area contributed by atoms with Gasteiger partial charge in [-0.05, 0) is 43.9 Å². The zero-order valence-electron chi connectivity index (χ0n) is 12.9. The zero-order valence-corrected chi connectivity index (χ0v) is 12.9. The monoisotopic (exact) mass is 300 g/mol. The summed E-state index contributed by atoms with van der Waals surface area (Å²) in [5, 5.41) is 3.19. The van der Waals surface area contributed by atoms with Gasteiger partial charge in [0, 0.05) is 18.2 Å². The molecule has 0 heterocycles. The third-order valence-electron chi connectivity index (χ3n) is 3.60. The number of nitrogens with zero attached hydrogens (tertiary/aromatic N) is 1. The largest absolute Gasteiger partial charge is 0.308 e. The van der Waals surface area contributed by atoms with Crippen molar-refractivity contribution in [1.82, 2.24) is 10.2 Å². The third kappa shape index (κ3) is 4.48. The molecule has 2 aromatic rings. The van der Waals surface area contributed by atoms with E-state index in [2.05, 4.69) is 22.3 Å². The second-order valence-corrected chi connectivity index (χ2v) is 5.45. The van der Waals surface area contributed by atoms with E-state index >= 15 is 0 Å². The Hall–Kier alpha value is -2.04. The molecule has 0 fully saturated rings. The number of hydrogen-bond acceptors (Lipinski definition) is 3. The van der Waals surface area contributed by atoms with Crippen molar-refractivity contribution in [3.63, 3.8) is 0 Å². The first-order valence-electron chi connectivity index (χ1n) is 7.29. The van der Waals surface area contributed by atoms with E-state index in [0.29, 0.717) is 12.1 Å². The Bertz CT molecular complexity index is 596. The summed E-state index contributed by atoms with van der Waals surface area (Å²) in [7, 11) is 4.03. The molecule has 2 rings (SSSR count). The molecule has 0 bridgehead atoms. The summed E-state index contributed by atoms with van der Waals surface area (Å²) in [5.41, 5.74) is 1.73. The Morgan fingerprint density at radius 1 is 1.09 bits per heavy atom. The minimum Gasteiger partial charge on any atom is -0.308 e. The maximum atomic E-state index is 12.9. The number of carbonyl (C=O) groups is 1. The lowest BCUT2D eigenvalue weighted by atomic mass is 10.1. The SMILES string of the molecule is CN(C)C(CNCC(=O)c1ccc(F)cc1)c1ccccc1. The molecule has 3 nitrogen and oxygen atoms in total. The molecule has 0 saturated carbocycles. The van der Waals surface area contributed by atoms with E-state index in [1.165, 1.54) is 29.8 Å². The number of ketones is 1. The quantitative estimate of drug-likeness (QED) is 0.798. The molecule has 4 heteroatoms. The van der Waals surface area contributed by atoms with Gasteiger partial charge in [-0.15, -0.1) is 0 Å². The smallest absolute Gasteiger partial charge is 0.176 e. The minimum atomic E-state index is -0.332. The molecule has 1 unspecified atom stereocenters. The molecule has 0 saturated heterocycles.